The number of hydrogen-bond donors (Lipinski definition) is 1. The number of fused-ring (bicyclic) bond motifs is 1. The minimum Gasteiger partial charge on any atom is -0.480 e. The van der Waals surface area contributed by atoms with Crippen LogP contribution >= 0.6 is 0 Å². The third kappa shape index (κ3) is 2.82. The number of aromatic nitrogens is 2. The van der Waals surface area contributed by atoms with E-state index in [2.05, 4.69) is 10.4 Å². The molecule has 22 heavy (non-hydrogen) atoms. The third-order valence-corrected chi connectivity index (χ3v) is 3.74. The molecule has 1 unspecified atom stereocenters. The van der Waals surface area contributed by atoms with E-state index in [9.17, 15) is 4.79 Å². The number of nitrogens with zero attached hydrogens (tertiary/aromatic N) is 2. The fourth-order valence-corrected chi connectivity index (χ4v) is 2.70. The number of ether oxygens (including phenoxy) is 2. The molecule has 0 fully saturated rings. The second-order valence-corrected chi connectivity index (χ2v) is 5.25. The van der Waals surface area contributed by atoms with Gasteiger partial charge >= 0.3 is 0 Å². The summed E-state index contributed by atoms with van der Waals surface area (Å²) in [5, 5.41) is 7.07. The molecule has 2 heterocycles. The standard InChI is InChI=1S/C16H19N3O3/c1-19-10-12(16(18-19)21-2)9-17-15(20)14-13-6-4-3-5-11(13)7-8-22-14/h3-6,10,14H,7-9H2,1-2H3,(H,17,20). The van der Waals surface area contributed by atoms with Crippen molar-refractivity contribution in [1.29, 1.82) is 0 Å². The zero-order chi connectivity index (χ0) is 15.5. The molecule has 1 aromatic heterocycles. The van der Waals surface area contributed by atoms with Crippen molar-refractivity contribution in [2.24, 2.45) is 7.05 Å². The Bertz CT molecular complexity index is 681. The molecule has 3 rings (SSSR count). The smallest absolute Gasteiger partial charge is 0.254 e. The summed E-state index contributed by atoms with van der Waals surface area (Å²) in [5.74, 6) is 0.380. The van der Waals surface area contributed by atoms with Gasteiger partial charge < -0.3 is 14.8 Å². The number of rotatable bonds is 4. The SMILES string of the molecule is COc1nn(C)cc1CNC(=O)C1OCCc2ccccc21. The summed E-state index contributed by atoms with van der Waals surface area (Å²) in [6.07, 6.45) is 2.12. The fourth-order valence-electron chi connectivity index (χ4n) is 2.70. The van der Waals surface area contributed by atoms with E-state index in [1.807, 2.05) is 37.5 Å². The predicted octanol–water partition coefficient (Wildman–Crippen LogP) is 1.36. The van der Waals surface area contributed by atoms with Crippen LogP contribution in [-0.4, -0.2) is 29.4 Å². The molecular formula is C16H19N3O3. The number of benzene rings is 1. The van der Waals surface area contributed by atoms with E-state index in [0.717, 1.165) is 17.5 Å². The maximum Gasteiger partial charge on any atom is 0.254 e. The van der Waals surface area contributed by atoms with Crippen LogP contribution in [0, 0.1) is 0 Å². The summed E-state index contributed by atoms with van der Waals surface area (Å²) in [6, 6.07) is 7.91. The van der Waals surface area contributed by atoms with E-state index in [-0.39, 0.29) is 5.91 Å². The van der Waals surface area contributed by atoms with E-state index in [1.165, 1.54) is 5.56 Å². The highest BCUT2D eigenvalue weighted by Crippen LogP contribution is 2.27. The zero-order valence-corrected chi connectivity index (χ0v) is 12.7. The van der Waals surface area contributed by atoms with Gasteiger partial charge in [0.15, 0.2) is 6.10 Å². The van der Waals surface area contributed by atoms with E-state index < -0.39 is 6.10 Å². The van der Waals surface area contributed by atoms with Gasteiger partial charge in [0.05, 0.1) is 19.3 Å². The Hall–Kier alpha value is -2.34. The number of nitrogens with one attached hydrogen (secondary N) is 1. The molecular weight excluding hydrogens is 282 g/mol. The molecule has 1 aromatic carbocycles. The van der Waals surface area contributed by atoms with Crippen molar-refractivity contribution < 1.29 is 14.3 Å². The molecule has 0 spiro atoms. The van der Waals surface area contributed by atoms with E-state index in [1.54, 1.807) is 11.8 Å². The zero-order valence-electron chi connectivity index (χ0n) is 12.7. The van der Waals surface area contributed by atoms with Gasteiger partial charge in [-0.15, -0.1) is 5.10 Å². The lowest BCUT2D eigenvalue weighted by Crippen LogP contribution is -2.33. The number of aryl methyl sites for hydroxylation is 1. The van der Waals surface area contributed by atoms with Crippen molar-refractivity contribution in [3.63, 3.8) is 0 Å². The molecule has 2 aromatic rings. The number of methoxy groups -OCH3 is 1. The molecule has 0 bridgehead atoms. The third-order valence-electron chi connectivity index (χ3n) is 3.74. The van der Waals surface area contributed by atoms with Crippen LogP contribution in [-0.2, 0) is 29.5 Å². The van der Waals surface area contributed by atoms with Crippen molar-refractivity contribution >= 4 is 5.91 Å². The molecule has 1 aliphatic heterocycles. The summed E-state index contributed by atoms with van der Waals surface area (Å²) < 4.78 is 12.5. The number of amides is 1. The molecule has 0 aliphatic carbocycles. The van der Waals surface area contributed by atoms with Gasteiger partial charge in [-0.1, -0.05) is 24.3 Å². The van der Waals surface area contributed by atoms with Gasteiger partial charge in [-0.05, 0) is 17.5 Å². The topological polar surface area (TPSA) is 65.4 Å². The Morgan fingerprint density at radius 2 is 2.32 bits per heavy atom. The molecule has 0 saturated heterocycles. The van der Waals surface area contributed by atoms with Crippen LogP contribution in [0.15, 0.2) is 30.5 Å². The van der Waals surface area contributed by atoms with Crippen molar-refractivity contribution in [1.82, 2.24) is 15.1 Å². The summed E-state index contributed by atoms with van der Waals surface area (Å²) in [6.45, 7) is 0.920. The second-order valence-electron chi connectivity index (χ2n) is 5.25. The highest BCUT2D eigenvalue weighted by atomic mass is 16.5. The first kappa shape index (κ1) is 14.6. The highest BCUT2D eigenvalue weighted by Gasteiger charge is 2.27. The highest BCUT2D eigenvalue weighted by molar-refractivity contribution is 5.82. The average molecular weight is 301 g/mol. The van der Waals surface area contributed by atoms with Crippen LogP contribution in [0.25, 0.3) is 0 Å². The van der Waals surface area contributed by atoms with Gasteiger partial charge in [0.25, 0.3) is 5.91 Å². The summed E-state index contributed by atoms with van der Waals surface area (Å²) >= 11 is 0. The van der Waals surface area contributed by atoms with Crippen molar-refractivity contribution in [3.05, 3.63) is 47.2 Å². The molecule has 0 saturated carbocycles. The average Bonchev–Trinajstić information content (AvgIpc) is 2.92. The van der Waals surface area contributed by atoms with Crippen molar-refractivity contribution in [2.75, 3.05) is 13.7 Å². The van der Waals surface area contributed by atoms with Crippen molar-refractivity contribution in [3.8, 4) is 5.88 Å². The van der Waals surface area contributed by atoms with Crippen LogP contribution in [0.1, 0.15) is 22.8 Å². The second kappa shape index (κ2) is 6.19. The lowest BCUT2D eigenvalue weighted by atomic mass is 9.97. The maximum atomic E-state index is 12.4. The van der Waals surface area contributed by atoms with Crippen LogP contribution in [0.2, 0.25) is 0 Å². The Balaban J connectivity index is 1.70. The Kier molecular flexibility index (Phi) is 4.11. The molecule has 6 nitrogen and oxygen atoms in total. The van der Waals surface area contributed by atoms with E-state index in [0.29, 0.717) is 19.0 Å². The summed E-state index contributed by atoms with van der Waals surface area (Å²) in [5.41, 5.74) is 2.96. The number of carbonyl (C=O) groups excluding carboxylic acids is 1. The molecule has 1 N–H and O–H groups in total. The molecule has 6 heteroatoms. The first-order valence-electron chi connectivity index (χ1n) is 7.22. The molecule has 0 radical (unpaired) electrons. The minimum absolute atomic E-state index is 0.141. The maximum absolute atomic E-state index is 12.4. The fraction of sp³-hybridized carbons (Fsp3) is 0.375. The van der Waals surface area contributed by atoms with E-state index in [4.69, 9.17) is 9.47 Å². The summed E-state index contributed by atoms with van der Waals surface area (Å²) in [7, 11) is 3.38. The van der Waals surface area contributed by atoms with Gasteiger partial charge in [-0.25, -0.2) is 0 Å². The molecule has 1 amide bonds. The van der Waals surface area contributed by atoms with Crippen LogP contribution in [0.5, 0.6) is 5.88 Å². The number of carbonyl (C=O) groups is 1. The van der Waals surface area contributed by atoms with Crippen LogP contribution < -0.4 is 10.1 Å². The lowest BCUT2D eigenvalue weighted by molar-refractivity contribution is -0.134. The first-order valence-corrected chi connectivity index (χ1v) is 7.22. The molecule has 1 aliphatic rings. The molecule has 1 atom stereocenters. The Morgan fingerprint density at radius 3 is 3.14 bits per heavy atom. The Morgan fingerprint density at radius 1 is 1.50 bits per heavy atom. The van der Waals surface area contributed by atoms with Gasteiger partial charge in [0.1, 0.15) is 0 Å². The minimum atomic E-state index is -0.549. The first-order chi connectivity index (χ1) is 10.7. The van der Waals surface area contributed by atoms with Gasteiger partial charge in [0, 0.05) is 19.8 Å². The van der Waals surface area contributed by atoms with Gasteiger partial charge in [-0.2, -0.15) is 0 Å². The quantitative estimate of drug-likeness (QED) is 0.926. The van der Waals surface area contributed by atoms with Crippen LogP contribution in [0.3, 0.4) is 0 Å². The molecule has 116 valence electrons. The van der Waals surface area contributed by atoms with Crippen molar-refractivity contribution in [2.45, 2.75) is 19.1 Å². The van der Waals surface area contributed by atoms with E-state index >= 15 is 0 Å². The largest absolute Gasteiger partial charge is 0.480 e. The lowest BCUT2D eigenvalue weighted by Gasteiger charge is -2.25. The van der Waals surface area contributed by atoms with Gasteiger partial charge in [-0.3, -0.25) is 9.48 Å². The van der Waals surface area contributed by atoms with Gasteiger partial charge in [0.2, 0.25) is 5.88 Å². The Labute approximate surface area is 129 Å². The number of hydrogen-bond acceptors (Lipinski definition) is 4. The normalized spacial score (nSPS) is 16.9. The predicted molar refractivity (Wildman–Crippen MR) is 80.4 cm³/mol. The monoisotopic (exact) mass is 301 g/mol. The van der Waals surface area contributed by atoms with Crippen LogP contribution in [0.4, 0.5) is 0 Å². The summed E-state index contributed by atoms with van der Waals surface area (Å²) in [4.78, 5) is 12.4.